The van der Waals surface area contributed by atoms with Crippen LogP contribution < -0.4 is 9.80 Å². The third-order valence-corrected chi connectivity index (χ3v) is 5.98. The minimum atomic E-state index is 0.0000985. The van der Waals surface area contributed by atoms with E-state index in [0.717, 1.165) is 61.9 Å². The molecule has 2 fully saturated rings. The van der Waals surface area contributed by atoms with Crippen LogP contribution >= 0.6 is 0 Å². The molecule has 0 saturated carbocycles. The number of H-pyrrole nitrogens is 1. The van der Waals surface area contributed by atoms with E-state index in [9.17, 15) is 4.79 Å². The molecular weight excluding hydrogens is 380 g/mol. The van der Waals surface area contributed by atoms with Gasteiger partial charge in [0.25, 0.3) is 5.91 Å². The number of hydrogen-bond donors (Lipinski definition) is 1. The maximum absolute atomic E-state index is 13.1. The van der Waals surface area contributed by atoms with Gasteiger partial charge in [0.2, 0.25) is 0 Å². The van der Waals surface area contributed by atoms with Crippen LogP contribution in [0, 0.1) is 0 Å². The third kappa shape index (κ3) is 3.56. The van der Waals surface area contributed by atoms with E-state index in [1.54, 1.807) is 6.33 Å². The smallest absolute Gasteiger partial charge is 0.272 e. The quantitative estimate of drug-likeness (QED) is 0.696. The largest absolute Gasteiger partial charge is 0.354 e. The number of aromatic nitrogens is 4. The van der Waals surface area contributed by atoms with Crippen LogP contribution in [0.1, 0.15) is 10.5 Å². The number of nitrogens with one attached hydrogen (secondary N) is 1. The molecule has 0 spiro atoms. The third-order valence-electron chi connectivity index (χ3n) is 5.98. The van der Waals surface area contributed by atoms with Gasteiger partial charge in [-0.15, -0.1) is 0 Å². The summed E-state index contributed by atoms with van der Waals surface area (Å²) in [5, 5.41) is 1.01. The van der Waals surface area contributed by atoms with Gasteiger partial charge in [0.15, 0.2) is 0 Å². The van der Waals surface area contributed by atoms with Crippen LogP contribution in [0.2, 0.25) is 0 Å². The van der Waals surface area contributed by atoms with Crippen molar-refractivity contribution in [2.45, 2.75) is 0 Å². The zero-order valence-electron chi connectivity index (χ0n) is 17.2. The molecule has 5 heterocycles. The molecule has 1 amide bonds. The van der Waals surface area contributed by atoms with Crippen molar-refractivity contribution in [3.63, 3.8) is 0 Å². The minimum absolute atomic E-state index is 0.0000985. The lowest BCUT2D eigenvalue weighted by molar-refractivity contribution is 0.0740. The van der Waals surface area contributed by atoms with Crippen LogP contribution in [-0.4, -0.2) is 95.0 Å². The Morgan fingerprint density at radius 3 is 2.50 bits per heavy atom. The number of amides is 1. The first-order chi connectivity index (χ1) is 14.7. The summed E-state index contributed by atoms with van der Waals surface area (Å²) in [6.45, 7) is 6.67. The highest BCUT2D eigenvalue weighted by Crippen LogP contribution is 2.23. The molecule has 0 unspecified atom stereocenters. The molecule has 156 valence electrons. The van der Waals surface area contributed by atoms with E-state index in [1.807, 2.05) is 35.4 Å². The fourth-order valence-corrected chi connectivity index (χ4v) is 4.15. The Kier molecular flexibility index (Phi) is 4.96. The van der Waals surface area contributed by atoms with Crippen molar-refractivity contribution in [1.29, 1.82) is 0 Å². The molecule has 0 bridgehead atoms. The van der Waals surface area contributed by atoms with Gasteiger partial charge in [-0.1, -0.05) is 6.07 Å². The Hall–Kier alpha value is -3.20. The van der Waals surface area contributed by atoms with E-state index in [1.165, 1.54) is 0 Å². The average Bonchev–Trinajstić information content (AvgIpc) is 3.28. The van der Waals surface area contributed by atoms with Gasteiger partial charge in [0.1, 0.15) is 29.3 Å². The molecule has 1 N–H and O–H groups in total. The molecule has 0 aliphatic carbocycles. The zero-order valence-corrected chi connectivity index (χ0v) is 17.2. The number of fused-ring (bicyclic) bond motifs is 1. The number of rotatable bonds is 3. The molecule has 9 nitrogen and oxygen atoms in total. The van der Waals surface area contributed by atoms with E-state index < -0.39 is 0 Å². The predicted molar refractivity (Wildman–Crippen MR) is 116 cm³/mol. The van der Waals surface area contributed by atoms with Crippen LogP contribution in [-0.2, 0) is 0 Å². The summed E-state index contributed by atoms with van der Waals surface area (Å²) in [5.74, 6) is 1.81. The zero-order chi connectivity index (χ0) is 20.5. The topological polar surface area (TPSA) is 84.5 Å². The second-order valence-corrected chi connectivity index (χ2v) is 7.89. The predicted octanol–water partition coefficient (Wildman–Crippen LogP) is 1.07. The van der Waals surface area contributed by atoms with Gasteiger partial charge in [-0.2, -0.15) is 0 Å². The molecule has 30 heavy (non-hydrogen) atoms. The standard InChI is InChI=1S/C21H26N8O/c1-26-7-9-27(10-8-26)18-4-2-3-17(25-18)21(30)29-13-11-28(12-14-29)20-16-5-6-22-19(16)23-15-24-20/h2-6,15H,7-14H2,1H3,(H,22,23,24). The SMILES string of the molecule is CN1CCN(c2cccc(C(=O)N3CCN(c4ncnc5[nH]ccc45)CC3)n2)CC1. The van der Waals surface area contributed by atoms with Gasteiger partial charge in [0.05, 0.1) is 5.39 Å². The summed E-state index contributed by atoms with van der Waals surface area (Å²) in [6, 6.07) is 7.75. The van der Waals surface area contributed by atoms with E-state index in [4.69, 9.17) is 0 Å². The maximum atomic E-state index is 13.1. The van der Waals surface area contributed by atoms with Crippen molar-refractivity contribution in [3.8, 4) is 0 Å². The molecule has 2 saturated heterocycles. The lowest BCUT2D eigenvalue weighted by Crippen LogP contribution is -2.49. The number of anilines is 2. The van der Waals surface area contributed by atoms with Crippen molar-refractivity contribution in [3.05, 3.63) is 42.5 Å². The van der Waals surface area contributed by atoms with Crippen LogP contribution in [0.3, 0.4) is 0 Å². The van der Waals surface area contributed by atoms with E-state index >= 15 is 0 Å². The molecule has 2 aliphatic rings. The second kappa shape index (κ2) is 7.91. The van der Waals surface area contributed by atoms with Gasteiger partial charge in [-0.3, -0.25) is 4.79 Å². The van der Waals surface area contributed by atoms with Crippen molar-refractivity contribution in [1.82, 2.24) is 29.7 Å². The summed E-state index contributed by atoms with van der Waals surface area (Å²) in [5.41, 5.74) is 1.36. The van der Waals surface area contributed by atoms with Crippen molar-refractivity contribution < 1.29 is 4.79 Å². The normalized spacial score (nSPS) is 18.2. The van der Waals surface area contributed by atoms with Gasteiger partial charge in [-0.25, -0.2) is 15.0 Å². The number of carbonyl (C=O) groups is 1. The lowest BCUT2D eigenvalue weighted by atomic mass is 10.2. The van der Waals surface area contributed by atoms with Crippen LogP contribution in [0.4, 0.5) is 11.6 Å². The number of pyridine rings is 1. The minimum Gasteiger partial charge on any atom is -0.354 e. The van der Waals surface area contributed by atoms with Crippen molar-refractivity contribution in [2.24, 2.45) is 0 Å². The monoisotopic (exact) mass is 406 g/mol. The first-order valence-electron chi connectivity index (χ1n) is 10.4. The molecular formula is C21H26N8O. The molecule has 3 aromatic heterocycles. The fourth-order valence-electron chi connectivity index (χ4n) is 4.15. The van der Waals surface area contributed by atoms with Gasteiger partial charge < -0.3 is 24.6 Å². The fraction of sp³-hybridized carbons (Fsp3) is 0.429. The molecule has 0 radical (unpaired) electrons. The Morgan fingerprint density at radius 1 is 0.933 bits per heavy atom. The molecule has 5 rings (SSSR count). The average molecular weight is 406 g/mol. The maximum Gasteiger partial charge on any atom is 0.272 e. The van der Waals surface area contributed by atoms with Crippen molar-refractivity contribution >= 4 is 28.6 Å². The summed E-state index contributed by atoms with van der Waals surface area (Å²) in [7, 11) is 2.13. The number of aromatic amines is 1. The molecule has 9 heteroatoms. The van der Waals surface area contributed by atoms with E-state index in [2.05, 4.69) is 41.7 Å². The van der Waals surface area contributed by atoms with Gasteiger partial charge >= 0.3 is 0 Å². The van der Waals surface area contributed by atoms with E-state index in [-0.39, 0.29) is 5.91 Å². The lowest BCUT2D eigenvalue weighted by Gasteiger charge is -2.36. The summed E-state index contributed by atoms with van der Waals surface area (Å²) >= 11 is 0. The van der Waals surface area contributed by atoms with Gasteiger partial charge in [-0.05, 0) is 25.2 Å². The Labute approximate surface area is 175 Å². The number of piperazine rings is 2. The number of carbonyl (C=O) groups excluding carboxylic acids is 1. The Bertz CT molecular complexity index is 1030. The highest BCUT2D eigenvalue weighted by Gasteiger charge is 2.25. The molecule has 0 aromatic carbocycles. The Balaban J connectivity index is 1.26. The number of likely N-dealkylation sites (N-methyl/N-ethyl adjacent to an activating group) is 1. The van der Waals surface area contributed by atoms with Crippen LogP contribution in [0.5, 0.6) is 0 Å². The second-order valence-electron chi connectivity index (χ2n) is 7.89. The summed E-state index contributed by atoms with van der Waals surface area (Å²) in [6.07, 6.45) is 3.46. The summed E-state index contributed by atoms with van der Waals surface area (Å²) < 4.78 is 0. The van der Waals surface area contributed by atoms with Crippen LogP contribution in [0.15, 0.2) is 36.8 Å². The summed E-state index contributed by atoms with van der Waals surface area (Å²) in [4.78, 5) is 38.3. The first-order valence-corrected chi connectivity index (χ1v) is 10.4. The number of hydrogen-bond acceptors (Lipinski definition) is 7. The highest BCUT2D eigenvalue weighted by molar-refractivity contribution is 5.93. The first kappa shape index (κ1) is 18.8. The highest BCUT2D eigenvalue weighted by atomic mass is 16.2. The number of nitrogens with zero attached hydrogens (tertiary/aromatic N) is 7. The molecule has 2 aliphatic heterocycles. The molecule has 0 atom stereocenters. The molecule has 3 aromatic rings. The van der Waals surface area contributed by atoms with Gasteiger partial charge in [0, 0.05) is 58.6 Å². The van der Waals surface area contributed by atoms with E-state index in [0.29, 0.717) is 18.8 Å². The van der Waals surface area contributed by atoms with Crippen molar-refractivity contribution in [2.75, 3.05) is 69.2 Å². The van der Waals surface area contributed by atoms with Crippen LogP contribution in [0.25, 0.3) is 11.0 Å². The Morgan fingerprint density at radius 2 is 1.70 bits per heavy atom.